The highest BCUT2D eigenvalue weighted by Gasteiger charge is 2.17. The van der Waals surface area contributed by atoms with Gasteiger partial charge >= 0.3 is 0 Å². The Morgan fingerprint density at radius 3 is 1.06 bits per heavy atom. The van der Waals surface area contributed by atoms with Crippen molar-refractivity contribution in [2.24, 2.45) is 0 Å². The molecule has 0 saturated carbocycles. The lowest BCUT2D eigenvalue weighted by Gasteiger charge is -2.23. The van der Waals surface area contributed by atoms with Crippen LogP contribution in [0.1, 0.15) is 73.7 Å². The van der Waals surface area contributed by atoms with E-state index in [9.17, 15) is 0 Å². The number of benzene rings is 2. The number of rotatable bonds is 7. The maximum atomic E-state index is 3.08. The summed E-state index contributed by atoms with van der Waals surface area (Å²) in [6, 6.07) is 0. The quantitative estimate of drug-likeness (QED) is 0.297. The Hall–Kier alpha value is -0.940. The highest BCUT2D eigenvalue weighted by Crippen LogP contribution is 2.32. The largest absolute Gasteiger partial charge is 0.323 e. The molecule has 0 radical (unpaired) electrons. The van der Waals surface area contributed by atoms with Gasteiger partial charge < -0.3 is 10.6 Å². The molecule has 0 aromatic heterocycles. The van der Waals surface area contributed by atoms with E-state index in [0.29, 0.717) is 0 Å². The van der Waals surface area contributed by atoms with Crippen LogP contribution < -0.4 is 10.6 Å². The summed E-state index contributed by atoms with van der Waals surface area (Å²) in [5, 5.41) is 7.05. The molecule has 0 unspecified atom stereocenters. The summed E-state index contributed by atoms with van der Waals surface area (Å²) in [5.41, 5.74) is 17.7. The van der Waals surface area contributed by atoms with Crippen molar-refractivity contribution in [1.29, 1.82) is 0 Å². The van der Waals surface area contributed by atoms with E-state index in [1.807, 2.05) is 44.7 Å². The van der Waals surface area contributed by atoms with Crippen molar-refractivity contribution in [2.75, 3.05) is 37.9 Å². The van der Waals surface area contributed by atoms with Crippen molar-refractivity contribution in [1.82, 2.24) is 10.6 Å². The summed E-state index contributed by atoms with van der Waals surface area (Å²) >= 11 is 3.90. The van der Waals surface area contributed by atoms with Crippen LogP contribution in [-0.4, -0.2) is 37.9 Å². The molecule has 4 heteroatoms. The van der Waals surface area contributed by atoms with Gasteiger partial charge in [-0.05, 0) is 169 Å². The molecular weight excluding hydrogens is 452 g/mol. The van der Waals surface area contributed by atoms with E-state index in [-0.39, 0.29) is 0 Å². The topological polar surface area (TPSA) is 24.1 Å². The van der Waals surface area contributed by atoms with Crippen molar-refractivity contribution in [3.63, 3.8) is 0 Å². The van der Waals surface area contributed by atoms with Crippen LogP contribution in [0.2, 0.25) is 0 Å². The first-order valence-electron chi connectivity index (χ1n) is 12.4. The number of hydrogen-bond acceptors (Lipinski definition) is 4. The second kappa shape index (κ2) is 16.7. The van der Waals surface area contributed by atoms with E-state index in [4.69, 9.17) is 0 Å². The van der Waals surface area contributed by atoms with E-state index in [0.717, 1.165) is 12.3 Å². The molecule has 0 aliphatic rings. The second-order valence-electron chi connectivity index (χ2n) is 9.20. The lowest BCUT2D eigenvalue weighted by Crippen LogP contribution is -2.08. The van der Waals surface area contributed by atoms with Crippen molar-refractivity contribution < 1.29 is 0 Å². The maximum Gasteiger partial charge on any atom is 0.0423 e. The van der Waals surface area contributed by atoms with Crippen molar-refractivity contribution in [3.05, 3.63) is 66.8 Å². The Morgan fingerprint density at radius 2 is 0.794 bits per heavy atom. The molecule has 0 saturated heterocycles. The average Bonchev–Trinajstić information content (AvgIpc) is 2.82. The van der Waals surface area contributed by atoms with Gasteiger partial charge in [-0.1, -0.05) is 6.92 Å². The Kier molecular flexibility index (Phi) is 16.2. The van der Waals surface area contributed by atoms with E-state index in [1.54, 1.807) is 0 Å². The van der Waals surface area contributed by atoms with E-state index in [2.05, 4.69) is 86.8 Å². The fourth-order valence-electron chi connectivity index (χ4n) is 4.15. The first-order valence-corrected chi connectivity index (χ1v) is 14.7. The van der Waals surface area contributed by atoms with Crippen LogP contribution in [0.15, 0.2) is 0 Å². The number of thioether (sulfide) groups is 2. The van der Waals surface area contributed by atoms with Gasteiger partial charge in [-0.15, -0.1) is 11.8 Å². The monoisotopic (exact) mass is 504 g/mol. The molecule has 0 atom stereocenters. The zero-order valence-corrected chi connectivity index (χ0v) is 26.3. The van der Waals surface area contributed by atoms with Gasteiger partial charge in [-0.25, -0.2) is 0 Å². The van der Waals surface area contributed by atoms with Gasteiger partial charge in [0.05, 0.1) is 0 Å². The fraction of sp³-hybridized carbons (Fsp3) is 0.600. The first kappa shape index (κ1) is 33.1. The molecule has 0 heterocycles. The number of nitrogens with one attached hydrogen (secondary N) is 2. The molecule has 2 aromatic rings. The minimum absolute atomic E-state index is 1.05. The predicted octanol–water partition coefficient (Wildman–Crippen LogP) is 7.80. The Morgan fingerprint density at radius 1 is 0.500 bits per heavy atom. The summed E-state index contributed by atoms with van der Waals surface area (Å²) in [6.07, 6.45) is 1.05. The molecule has 0 bridgehead atoms. The second-order valence-corrected chi connectivity index (χ2v) is 11.8. The van der Waals surface area contributed by atoms with Crippen LogP contribution in [0, 0.1) is 69.2 Å². The summed E-state index contributed by atoms with van der Waals surface area (Å²) in [5.74, 6) is 2.31. The van der Waals surface area contributed by atoms with Crippen molar-refractivity contribution >= 4 is 23.5 Å². The molecule has 194 valence electrons. The summed E-state index contributed by atoms with van der Waals surface area (Å²) < 4.78 is 0. The van der Waals surface area contributed by atoms with E-state index >= 15 is 0 Å². The highest BCUT2D eigenvalue weighted by atomic mass is 32.2. The SMILES string of the molecule is CCSCSCNC.CNC.Cc1c(C)c(C)c(Cc2c(C)c(C)c(C)c(C)c2C)c(C)c1C. The van der Waals surface area contributed by atoms with Gasteiger partial charge in [0.2, 0.25) is 0 Å². The zero-order valence-electron chi connectivity index (χ0n) is 24.6. The normalized spacial score (nSPS) is 10.4. The summed E-state index contributed by atoms with van der Waals surface area (Å²) in [4.78, 5) is 0. The van der Waals surface area contributed by atoms with E-state index < -0.39 is 0 Å². The van der Waals surface area contributed by atoms with Crippen LogP contribution in [0.5, 0.6) is 0 Å². The predicted molar refractivity (Wildman–Crippen MR) is 163 cm³/mol. The fourth-order valence-corrected chi connectivity index (χ4v) is 5.82. The summed E-state index contributed by atoms with van der Waals surface area (Å²) in [7, 11) is 5.73. The van der Waals surface area contributed by atoms with Gasteiger partial charge in [-0.3, -0.25) is 0 Å². The van der Waals surface area contributed by atoms with Crippen LogP contribution in [0.25, 0.3) is 0 Å². The molecule has 2 nitrogen and oxygen atoms in total. The van der Waals surface area contributed by atoms with Crippen LogP contribution in [0.3, 0.4) is 0 Å². The van der Waals surface area contributed by atoms with Gasteiger partial charge in [0, 0.05) is 11.0 Å². The van der Waals surface area contributed by atoms with Gasteiger partial charge in [0.1, 0.15) is 0 Å². The Balaban J connectivity index is 0.000000830. The van der Waals surface area contributed by atoms with Crippen LogP contribution in [0.4, 0.5) is 0 Å². The standard InChI is InChI=1S/C23H32.C5H13NS2.C2H7N/c1-12-14(3)18(7)22(19(8)15(12)4)11-23-20(9)16(5)13(2)17(6)21(23)10;1-3-7-5-8-4-6-2;1-3-2/h11H2,1-10H3;6H,3-5H2,1-2H3;3H,1-2H3. The molecule has 2 aromatic carbocycles. The lowest BCUT2D eigenvalue weighted by atomic mass is 9.82. The van der Waals surface area contributed by atoms with Gasteiger partial charge in [0.15, 0.2) is 0 Å². The van der Waals surface area contributed by atoms with Crippen molar-refractivity contribution in [2.45, 2.75) is 82.6 Å². The molecule has 0 fully saturated rings. The minimum atomic E-state index is 1.05. The Bertz CT molecular complexity index is 785. The van der Waals surface area contributed by atoms with E-state index in [1.165, 1.54) is 77.6 Å². The minimum Gasteiger partial charge on any atom is -0.323 e. The summed E-state index contributed by atoms with van der Waals surface area (Å²) in [6.45, 7) is 25.0. The van der Waals surface area contributed by atoms with Gasteiger partial charge in [0.25, 0.3) is 0 Å². The lowest BCUT2D eigenvalue weighted by molar-refractivity contribution is 0.984. The average molecular weight is 505 g/mol. The molecule has 0 spiro atoms. The Labute approximate surface area is 220 Å². The third kappa shape index (κ3) is 8.93. The highest BCUT2D eigenvalue weighted by molar-refractivity contribution is 8.15. The maximum absolute atomic E-state index is 3.08. The third-order valence-electron chi connectivity index (χ3n) is 7.28. The van der Waals surface area contributed by atoms with Crippen LogP contribution >= 0.6 is 23.5 Å². The first-order chi connectivity index (χ1) is 15.9. The molecule has 2 rings (SSSR count). The molecule has 34 heavy (non-hydrogen) atoms. The third-order valence-corrected chi connectivity index (χ3v) is 9.52. The molecular formula is C30H52N2S2. The molecule has 2 N–H and O–H groups in total. The van der Waals surface area contributed by atoms with Gasteiger partial charge in [-0.2, -0.15) is 11.8 Å². The zero-order chi connectivity index (χ0) is 26.6. The van der Waals surface area contributed by atoms with Crippen LogP contribution in [-0.2, 0) is 6.42 Å². The molecule has 0 aliphatic heterocycles. The smallest absolute Gasteiger partial charge is 0.0423 e. The molecule has 0 amide bonds. The van der Waals surface area contributed by atoms with Crippen molar-refractivity contribution in [3.8, 4) is 0 Å². The molecule has 0 aliphatic carbocycles. The number of hydrogen-bond donors (Lipinski definition) is 2.